The van der Waals surface area contributed by atoms with Crippen LogP contribution in [0.15, 0.2) is 30.5 Å². The number of ether oxygens (including phenoxy) is 1. The SMILES string of the molecule is COc1cccc(-c2cnn(CCN)c2C)c1. The maximum absolute atomic E-state index is 5.54. The molecule has 1 aromatic carbocycles. The zero-order chi connectivity index (χ0) is 12.3. The predicted molar refractivity (Wildman–Crippen MR) is 68.0 cm³/mol. The molecule has 0 aliphatic heterocycles. The van der Waals surface area contributed by atoms with Crippen molar-refractivity contribution in [3.05, 3.63) is 36.2 Å². The van der Waals surface area contributed by atoms with Crippen molar-refractivity contribution in [2.75, 3.05) is 13.7 Å². The summed E-state index contributed by atoms with van der Waals surface area (Å²) in [6, 6.07) is 7.98. The normalized spacial score (nSPS) is 10.5. The first-order valence-corrected chi connectivity index (χ1v) is 5.63. The van der Waals surface area contributed by atoms with Crippen molar-refractivity contribution in [1.82, 2.24) is 9.78 Å². The van der Waals surface area contributed by atoms with Gasteiger partial charge in [0.25, 0.3) is 0 Å². The van der Waals surface area contributed by atoms with Gasteiger partial charge in [-0.25, -0.2) is 0 Å². The lowest BCUT2D eigenvalue weighted by Gasteiger charge is -2.05. The van der Waals surface area contributed by atoms with Gasteiger partial charge in [0.2, 0.25) is 0 Å². The van der Waals surface area contributed by atoms with Crippen LogP contribution in [0.4, 0.5) is 0 Å². The molecule has 2 aromatic rings. The molecule has 2 N–H and O–H groups in total. The molecule has 0 radical (unpaired) electrons. The Kier molecular flexibility index (Phi) is 3.44. The molecule has 0 atom stereocenters. The van der Waals surface area contributed by atoms with Gasteiger partial charge in [-0.1, -0.05) is 12.1 Å². The highest BCUT2D eigenvalue weighted by Crippen LogP contribution is 2.26. The molecule has 0 saturated carbocycles. The fourth-order valence-electron chi connectivity index (χ4n) is 1.87. The van der Waals surface area contributed by atoms with Gasteiger partial charge in [-0.05, 0) is 24.6 Å². The molecule has 4 heteroatoms. The zero-order valence-electron chi connectivity index (χ0n) is 10.2. The van der Waals surface area contributed by atoms with Gasteiger partial charge in [-0.3, -0.25) is 4.68 Å². The van der Waals surface area contributed by atoms with E-state index in [0.717, 1.165) is 29.1 Å². The standard InChI is InChI=1S/C13H17N3O/c1-10-13(9-15-16(10)7-6-14)11-4-3-5-12(8-11)17-2/h3-5,8-9H,6-7,14H2,1-2H3. The van der Waals surface area contributed by atoms with Gasteiger partial charge >= 0.3 is 0 Å². The van der Waals surface area contributed by atoms with Gasteiger partial charge < -0.3 is 10.5 Å². The average Bonchev–Trinajstić information content (AvgIpc) is 2.72. The van der Waals surface area contributed by atoms with Gasteiger partial charge in [0.15, 0.2) is 0 Å². The van der Waals surface area contributed by atoms with E-state index in [1.54, 1.807) is 7.11 Å². The molecule has 0 aliphatic rings. The highest BCUT2D eigenvalue weighted by atomic mass is 16.5. The molecule has 4 nitrogen and oxygen atoms in total. The number of hydrogen-bond donors (Lipinski definition) is 1. The zero-order valence-corrected chi connectivity index (χ0v) is 10.2. The molecule has 0 aliphatic carbocycles. The summed E-state index contributed by atoms with van der Waals surface area (Å²) in [4.78, 5) is 0. The summed E-state index contributed by atoms with van der Waals surface area (Å²) in [5.74, 6) is 0.855. The minimum absolute atomic E-state index is 0.597. The van der Waals surface area contributed by atoms with Crippen molar-refractivity contribution in [2.24, 2.45) is 5.73 Å². The molecule has 17 heavy (non-hydrogen) atoms. The molecule has 0 bridgehead atoms. The van der Waals surface area contributed by atoms with E-state index in [1.807, 2.05) is 29.1 Å². The predicted octanol–water partition coefficient (Wildman–Crippen LogP) is 1.83. The quantitative estimate of drug-likeness (QED) is 0.873. The molecule has 90 valence electrons. The summed E-state index contributed by atoms with van der Waals surface area (Å²) in [7, 11) is 1.67. The van der Waals surface area contributed by atoms with E-state index in [1.165, 1.54) is 0 Å². The summed E-state index contributed by atoms with van der Waals surface area (Å²) in [6.45, 7) is 3.40. The fourth-order valence-corrected chi connectivity index (χ4v) is 1.87. The molecule has 1 aromatic heterocycles. The van der Waals surface area contributed by atoms with Crippen LogP contribution < -0.4 is 10.5 Å². The van der Waals surface area contributed by atoms with Crippen molar-refractivity contribution in [1.29, 1.82) is 0 Å². The molecule has 0 spiro atoms. The van der Waals surface area contributed by atoms with Crippen molar-refractivity contribution in [3.63, 3.8) is 0 Å². The Hall–Kier alpha value is -1.81. The molecule has 0 fully saturated rings. The minimum atomic E-state index is 0.597. The van der Waals surface area contributed by atoms with Crippen LogP contribution in [0.1, 0.15) is 5.69 Å². The van der Waals surface area contributed by atoms with E-state index in [4.69, 9.17) is 10.5 Å². The number of hydrogen-bond acceptors (Lipinski definition) is 3. The Morgan fingerprint density at radius 1 is 1.41 bits per heavy atom. The van der Waals surface area contributed by atoms with Gasteiger partial charge in [-0.15, -0.1) is 0 Å². The minimum Gasteiger partial charge on any atom is -0.497 e. The van der Waals surface area contributed by atoms with Gasteiger partial charge in [0.1, 0.15) is 5.75 Å². The maximum Gasteiger partial charge on any atom is 0.119 e. The number of methoxy groups -OCH3 is 1. The van der Waals surface area contributed by atoms with Crippen molar-refractivity contribution in [2.45, 2.75) is 13.5 Å². The number of aromatic nitrogens is 2. The van der Waals surface area contributed by atoms with E-state index >= 15 is 0 Å². The van der Waals surface area contributed by atoms with Crippen LogP contribution in [0.2, 0.25) is 0 Å². The van der Waals surface area contributed by atoms with Crippen molar-refractivity contribution in [3.8, 4) is 16.9 Å². The largest absolute Gasteiger partial charge is 0.497 e. The van der Waals surface area contributed by atoms with E-state index < -0.39 is 0 Å². The average molecular weight is 231 g/mol. The summed E-state index contributed by atoms with van der Waals surface area (Å²) < 4.78 is 7.15. The third-order valence-corrected chi connectivity index (χ3v) is 2.82. The number of rotatable bonds is 4. The number of nitrogens with two attached hydrogens (primary N) is 1. The smallest absolute Gasteiger partial charge is 0.119 e. The van der Waals surface area contributed by atoms with Crippen LogP contribution in [-0.4, -0.2) is 23.4 Å². The number of benzene rings is 1. The maximum atomic E-state index is 5.54. The lowest BCUT2D eigenvalue weighted by atomic mass is 10.1. The molecule has 0 amide bonds. The van der Waals surface area contributed by atoms with Crippen molar-refractivity contribution >= 4 is 0 Å². The summed E-state index contributed by atoms with van der Waals surface area (Å²) >= 11 is 0. The fraction of sp³-hybridized carbons (Fsp3) is 0.308. The molecule has 1 heterocycles. The Morgan fingerprint density at radius 2 is 2.24 bits per heavy atom. The topological polar surface area (TPSA) is 53.1 Å². The monoisotopic (exact) mass is 231 g/mol. The second kappa shape index (κ2) is 5.01. The summed E-state index contributed by atoms with van der Waals surface area (Å²) in [5.41, 5.74) is 8.91. The van der Waals surface area contributed by atoms with Gasteiger partial charge in [0.05, 0.1) is 19.9 Å². The van der Waals surface area contributed by atoms with Crippen LogP contribution in [0.3, 0.4) is 0 Å². The van der Waals surface area contributed by atoms with Gasteiger partial charge in [-0.2, -0.15) is 5.10 Å². The Bertz CT molecular complexity index is 505. The lowest BCUT2D eigenvalue weighted by molar-refractivity contribution is 0.415. The second-order valence-corrected chi connectivity index (χ2v) is 3.89. The third-order valence-electron chi connectivity index (χ3n) is 2.82. The van der Waals surface area contributed by atoms with Gasteiger partial charge in [0, 0.05) is 17.8 Å². The molecule has 2 rings (SSSR count). The third kappa shape index (κ3) is 2.31. The Labute approximate surface area is 101 Å². The van der Waals surface area contributed by atoms with Crippen LogP contribution >= 0.6 is 0 Å². The Balaban J connectivity index is 2.38. The first-order valence-electron chi connectivity index (χ1n) is 5.63. The molecule has 0 saturated heterocycles. The van der Waals surface area contributed by atoms with E-state index in [2.05, 4.69) is 18.1 Å². The highest BCUT2D eigenvalue weighted by Gasteiger charge is 2.08. The molecular weight excluding hydrogens is 214 g/mol. The molecule has 0 unspecified atom stereocenters. The van der Waals surface area contributed by atoms with E-state index in [-0.39, 0.29) is 0 Å². The lowest BCUT2D eigenvalue weighted by Crippen LogP contribution is -2.12. The summed E-state index contributed by atoms with van der Waals surface area (Å²) in [6.07, 6.45) is 1.87. The first-order chi connectivity index (χ1) is 8.26. The summed E-state index contributed by atoms with van der Waals surface area (Å²) in [5, 5.41) is 4.33. The number of nitrogens with zero attached hydrogens (tertiary/aromatic N) is 2. The Morgan fingerprint density at radius 3 is 2.94 bits per heavy atom. The highest BCUT2D eigenvalue weighted by molar-refractivity contribution is 5.66. The van der Waals surface area contributed by atoms with Crippen LogP contribution in [-0.2, 0) is 6.54 Å². The second-order valence-electron chi connectivity index (χ2n) is 3.89. The van der Waals surface area contributed by atoms with Crippen molar-refractivity contribution < 1.29 is 4.74 Å². The first kappa shape index (κ1) is 11.7. The van der Waals surface area contributed by atoms with Crippen LogP contribution in [0.25, 0.3) is 11.1 Å². The van der Waals surface area contributed by atoms with Crippen LogP contribution in [0, 0.1) is 6.92 Å². The van der Waals surface area contributed by atoms with E-state index in [0.29, 0.717) is 6.54 Å². The van der Waals surface area contributed by atoms with E-state index in [9.17, 15) is 0 Å². The molecular formula is C13H17N3O. The van der Waals surface area contributed by atoms with Crippen LogP contribution in [0.5, 0.6) is 5.75 Å².